The lowest BCUT2D eigenvalue weighted by molar-refractivity contribution is -0.136. The van der Waals surface area contributed by atoms with E-state index >= 15 is 0 Å². The van der Waals surface area contributed by atoms with E-state index in [-0.39, 0.29) is 6.54 Å². The van der Waals surface area contributed by atoms with Gasteiger partial charge in [-0.15, -0.1) is 11.3 Å². The van der Waals surface area contributed by atoms with Crippen molar-refractivity contribution in [3.05, 3.63) is 27.8 Å². The number of rotatable bonds is 5. The van der Waals surface area contributed by atoms with Crippen LogP contribution in [0.1, 0.15) is 26.8 Å². The van der Waals surface area contributed by atoms with Crippen molar-refractivity contribution in [1.82, 2.24) is 20.1 Å². The lowest BCUT2D eigenvalue weighted by Crippen LogP contribution is -2.36. The highest BCUT2D eigenvalue weighted by Gasteiger charge is 2.18. The summed E-state index contributed by atoms with van der Waals surface area (Å²) in [5, 5.41) is 9.90. The van der Waals surface area contributed by atoms with Gasteiger partial charge in [0.25, 0.3) is 0 Å². The normalized spacial score (nSPS) is 12.5. The van der Waals surface area contributed by atoms with Crippen LogP contribution in [0, 0.1) is 0 Å². The zero-order valence-electron chi connectivity index (χ0n) is 13.6. The second-order valence-electron chi connectivity index (χ2n) is 5.42. The van der Waals surface area contributed by atoms with E-state index in [2.05, 4.69) is 25.5 Å². The average Bonchev–Trinajstić information content (AvgIpc) is 3.29. The molecular weight excluding hydrogens is 346 g/mol. The minimum absolute atomic E-state index is 0.236. The minimum atomic E-state index is -0.758. The van der Waals surface area contributed by atoms with E-state index in [4.69, 9.17) is 0 Å². The van der Waals surface area contributed by atoms with Crippen molar-refractivity contribution in [2.75, 3.05) is 19.0 Å². The molecule has 2 amide bonds. The fourth-order valence-electron chi connectivity index (χ4n) is 2.48. The van der Waals surface area contributed by atoms with Gasteiger partial charge in [0, 0.05) is 31.3 Å². The summed E-state index contributed by atoms with van der Waals surface area (Å²) in [6.45, 7) is 1.07. The fourth-order valence-corrected chi connectivity index (χ4v) is 3.31. The highest BCUT2D eigenvalue weighted by atomic mass is 32.1. The van der Waals surface area contributed by atoms with Gasteiger partial charge in [0.15, 0.2) is 5.82 Å². The van der Waals surface area contributed by atoms with Gasteiger partial charge in [-0.2, -0.15) is 5.10 Å². The van der Waals surface area contributed by atoms with Gasteiger partial charge in [0.05, 0.1) is 18.3 Å². The summed E-state index contributed by atoms with van der Waals surface area (Å²) >= 11 is 1.19. The number of hydrogen-bond donors (Lipinski definition) is 2. The van der Waals surface area contributed by atoms with Gasteiger partial charge in [-0.25, -0.2) is 9.78 Å². The Morgan fingerprint density at radius 2 is 2.20 bits per heavy atom. The standard InChI is InChI=1S/C15H17N5O4S/c1-24-15(23)10-8-17-12(25-10)4-5-16-13(21)14(22)18-11-7-9-3-2-6-20(9)19-11/h7-8H,2-6H2,1H3,(H,16,21)(H,18,19,22). The third-order valence-electron chi connectivity index (χ3n) is 3.68. The zero-order chi connectivity index (χ0) is 17.8. The number of esters is 1. The van der Waals surface area contributed by atoms with E-state index in [1.54, 1.807) is 6.07 Å². The number of anilines is 1. The van der Waals surface area contributed by atoms with Crippen LogP contribution in [0.3, 0.4) is 0 Å². The number of carbonyl (C=O) groups is 3. The first-order chi connectivity index (χ1) is 12.1. The molecule has 0 aromatic carbocycles. The van der Waals surface area contributed by atoms with Crippen molar-refractivity contribution in [1.29, 1.82) is 0 Å². The summed E-state index contributed by atoms with van der Waals surface area (Å²) in [6.07, 6.45) is 3.82. The van der Waals surface area contributed by atoms with Crippen molar-refractivity contribution in [2.24, 2.45) is 0 Å². The molecule has 3 rings (SSSR count). The maximum absolute atomic E-state index is 11.9. The zero-order valence-corrected chi connectivity index (χ0v) is 14.4. The Labute approximate surface area is 147 Å². The van der Waals surface area contributed by atoms with Crippen LogP contribution in [0.5, 0.6) is 0 Å². The van der Waals surface area contributed by atoms with Gasteiger partial charge >= 0.3 is 17.8 Å². The van der Waals surface area contributed by atoms with E-state index in [0.29, 0.717) is 22.1 Å². The highest BCUT2D eigenvalue weighted by Crippen LogP contribution is 2.17. The molecule has 0 atom stereocenters. The predicted octanol–water partition coefficient (Wildman–Crippen LogP) is 0.370. The number of thiazole rings is 1. The Balaban J connectivity index is 1.44. The molecule has 0 saturated heterocycles. The summed E-state index contributed by atoms with van der Waals surface area (Å²) in [7, 11) is 1.30. The summed E-state index contributed by atoms with van der Waals surface area (Å²) < 4.78 is 6.43. The number of aryl methyl sites for hydroxylation is 2. The molecule has 10 heteroatoms. The van der Waals surface area contributed by atoms with Crippen LogP contribution in [0.25, 0.3) is 0 Å². The van der Waals surface area contributed by atoms with E-state index in [1.165, 1.54) is 24.6 Å². The Morgan fingerprint density at radius 1 is 1.36 bits per heavy atom. The van der Waals surface area contributed by atoms with E-state index < -0.39 is 17.8 Å². The SMILES string of the molecule is COC(=O)c1cnc(CCNC(=O)C(=O)Nc2cc3n(n2)CCC3)s1. The molecule has 1 aliphatic heterocycles. The first-order valence-electron chi connectivity index (χ1n) is 7.75. The second kappa shape index (κ2) is 7.43. The second-order valence-corrected chi connectivity index (χ2v) is 6.53. The van der Waals surface area contributed by atoms with Crippen molar-refractivity contribution in [3.8, 4) is 0 Å². The van der Waals surface area contributed by atoms with Crippen LogP contribution < -0.4 is 10.6 Å². The number of aromatic nitrogens is 3. The molecule has 3 heterocycles. The number of fused-ring (bicyclic) bond motifs is 1. The summed E-state index contributed by atoms with van der Waals surface area (Å²) in [4.78, 5) is 39.5. The number of nitrogens with zero attached hydrogens (tertiary/aromatic N) is 3. The Bertz CT molecular complexity index is 791. The molecule has 0 spiro atoms. The van der Waals surface area contributed by atoms with E-state index in [0.717, 1.165) is 25.1 Å². The maximum atomic E-state index is 11.9. The van der Waals surface area contributed by atoms with Crippen LogP contribution in [0.2, 0.25) is 0 Å². The number of nitrogens with one attached hydrogen (secondary N) is 2. The molecule has 0 bridgehead atoms. The number of hydrogen-bond acceptors (Lipinski definition) is 7. The van der Waals surface area contributed by atoms with Gasteiger partial charge in [0.1, 0.15) is 4.88 Å². The number of carbonyl (C=O) groups excluding carboxylic acids is 3. The third kappa shape index (κ3) is 4.02. The molecule has 0 saturated carbocycles. The summed E-state index contributed by atoms with van der Waals surface area (Å²) in [5.74, 6) is -1.55. The first-order valence-corrected chi connectivity index (χ1v) is 8.57. The quantitative estimate of drug-likeness (QED) is 0.586. The lowest BCUT2D eigenvalue weighted by atomic mass is 10.3. The molecule has 2 aromatic heterocycles. The van der Waals surface area contributed by atoms with Crippen LogP contribution in [0.4, 0.5) is 5.82 Å². The van der Waals surface area contributed by atoms with Crippen LogP contribution in [-0.2, 0) is 33.7 Å². The molecule has 9 nitrogen and oxygen atoms in total. The monoisotopic (exact) mass is 363 g/mol. The van der Waals surface area contributed by atoms with Gasteiger partial charge in [-0.05, 0) is 12.8 Å². The molecular formula is C15H17N5O4S. The molecule has 25 heavy (non-hydrogen) atoms. The van der Waals surface area contributed by atoms with E-state index in [1.807, 2.05) is 4.68 Å². The predicted molar refractivity (Wildman–Crippen MR) is 89.3 cm³/mol. The molecule has 2 N–H and O–H groups in total. The molecule has 132 valence electrons. The average molecular weight is 363 g/mol. The lowest BCUT2D eigenvalue weighted by Gasteiger charge is -2.03. The van der Waals surface area contributed by atoms with Crippen LogP contribution in [0.15, 0.2) is 12.3 Å². The van der Waals surface area contributed by atoms with Crippen molar-refractivity contribution >= 4 is 34.9 Å². The van der Waals surface area contributed by atoms with Gasteiger partial charge in [0.2, 0.25) is 0 Å². The minimum Gasteiger partial charge on any atom is -0.465 e. The largest absolute Gasteiger partial charge is 0.465 e. The smallest absolute Gasteiger partial charge is 0.349 e. The highest BCUT2D eigenvalue weighted by molar-refractivity contribution is 7.13. The Hall–Kier alpha value is -2.75. The van der Waals surface area contributed by atoms with Crippen molar-refractivity contribution in [2.45, 2.75) is 25.8 Å². The molecule has 0 radical (unpaired) electrons. The van der Waals surface area contributed by atoms with Crippen molar-refractivity contribution < 1.29 is 19.1 Å². The molecule has 2 aromatic rings. The molecule has 0 fully saturated rings. The van der Waals surface area contributed by atoms with E-state index in [9.17, 15) is 14.4 Å². The number of ether oxygens (including phenoxy) is 1. The maximum Gasteiger partial charge on any atom is 0.349 e. The third-order valence-corrected chi connectivity index (χ3v) is 4.72. The Kier molecular flexibility index (Phi) is 5.08. The van der Waals surface area contributed by atoms with Gasteiger partial charge in [-0.3, -0.25) is 14.3 Å². The van der Waals surface area contributed by atoms with Gasteiger partial charge in [-0.1, -0.05) is 0 Å². The molecule has 0 aliphatic carbocycles. The molecule has 0 unspecified atom stereocenters. The first kappa shape index (κ1) is 17.1. The fraction of sp³-hybridized carbons (Fsp3) is 0.400. The number of amides is 2. The number of methoxy groups -OCH3 is 1. The van der Waals surface area contributed by atoms with Crippen LogP contribution in [-0.4, -0.2) is 46.2 Å². The van der Waals surface area contributed by atoms with Gasteiger partial charge < -0.3 is 15.4 Å². The van der Waals surface area contributed by atoms with Crippen LogP contribution >= 0.6 is 11.3 Å². The topological polar surface area (TPSA) is 115 Å². The van der Waals surface area contributed by atoms with Crippen molar-refractivity contribution in [3.63, 3.8) is 0 Å². The summed E-state index contributed by atoms with van der Waals surface area (Å²) in [6, 6.07) is 1.78. The summed E-state index contributed by atoms with van der Waals surface area (Å²) in [5.41, 5.74) is 1.06. The molecule has 1 aliphatic rings. The Morgan fingerprint density at radius 3 is 2.96 bits per heavy atom.